The lowest BCUT2D eigenvalue weighted by Gasteiger charge is -2.02. The molecule has 0 fully saturated rings. The second-order valence-electron chi connectivity index (χ2n) is 2.24. The summed E-state index contributed by atoms with van der Waals surface area (Å²) in [6, 6.07) is 5.44. The fraction of sp³-hybridized carbons (Fsp3) is 0.125. The molecule has 0 spiro atoms. The summed E-state index contributed by atoms with van der Waals surface area (Å²) < 4.78 is 0.693. The SMILES string of the molecule is N#Cc1c(Br)cc(Cl)cc1CN. The van der Waals surface area contributed by atoms with Gasteiger partial charge in [0.2, 0.25) is 0 Å². The Morgan fingerprint density at radius 2 is 2.25 bits per heavy atom. The van der Waals surface area contributed by atoms with Crippen molar-refractivity contribution in [2.45, 2.75) is 6.54 Å². The lowest BCUT2D eigenvalue weighted by Crippen LogP contribution is -1.99. The van der Waals surface area contributed by atoms with Crippen LogP contribution >= 0.6 is 27.5 Å². The number of nitriles is 1. The van der Waals surface area contributed by atoms with E-state index in [0.29, 0.717) is 21.6 Å². The van der Waals surface area contributed by atoms with Gasteiger partial charge in [-0.1, -0.05) is 11.6 Å². The normalized spacial score (nSPS) is 9.50. The van der Waals surface area contributed by atoms with Crippen molar-refractivity contribution in [3.05, 3.63) is 32.8 Å². The molecule has 0 unspecified atom stereocenters. The van der Waals surface area contributed by atoms with Gasteiger partial charge in [0, 0.05) is 16.0 Å². The monoisotopic (exact) mass is 244 g/mol. The predicted molar refractivity (Wildman–Crippen MR) is 51.8 cm³/mol. The molecular weight excluding hydrogens is 239 g/mol. The minimum Gasteiger partial charge on any atom is -0.326 e. The van der Waals surface area contributed by atoms with Crippen LogP contribution in [0.25, 0.3) is 0 Å². The molecule has 0 aliphatic carbocycles. The minimum absolute atomic E-state index is 0.321. The average molecular weight is 246 g/mol. The first-order valence-corrected chi connectivity index (χ1v) is 4.44. The molecule has 0 heterocycles. The predicted octanol–water partition coefficient (Wildman–Crippen LogP) is 2.43. The van der Waals surface area contributed by atoms with E-state index in [9.17, 15) is 0 Å². The van der Waals surface area contributed by atoms with E-state index in [-0.39, 0.29) is 0 Å². The van der Waals surface area contributed by atoms with Crippen LogP contribution in [0.2, 0.25) is 5.02 Å². The van der Waals surface area contributed by atoms with Crippen LogP contribution in [0, 0.1) is 11.3 Å². The lowest BCUT2D eigenvalue weighted by molar-refractivity contribution is 1.06. The standard InChI is InChI=1S/C8H6BrClN2/c9-8-2-6(10)1-5(3-11)7(8)4-12/h1-2H,3,11H2. The van der Waals surface area contributed by atoms with Crippen LogP contribution < -0.4 is 5.73 Å². The summed E-state index contributed by atoms with van der Waals surface area (Å²) in [5.41, 5.74) is 6.75. The summed E-state index contributed by atoms with van der Waals surface area (Å²) in [5.74, 6) is 0. The van der Waals surface area contributed by atoms with Crippen molar-refractivity contribution in [1.82, 2.24) is 0 Å². The number of rotatable bonds is 1. The molecule has 0 aliphatic heterocycles. The summed E-state index contributed by atoms with van der Waals surface area (Å²) >= 11 is 9.00. The summed E-state index contributed by atoms with van der Waals surface area (Å²) in [4.78, 5) is 0. The van der Waals surface area contributed by atoms with Crippen LogP contribution in [0.5, 0.6) is 0 Å². The first-order valence-electron chi connectivity index (χ1n) is 3.27. The quantitative estimate of drug-likeness (QED) is 0.826. The van der Waals surface area contributed by atoms with E-state index in [2.05, 4.69) is 22.0 Å². The van der Waals surface area contributed by atoms with Gasteiger partial charge in [0.15, 0.2) is 0 Å². The van der Waals surface area contributed by atoms with Crippen molar-refractivity contribution < 1.29 is 0 Å². The topological polar surface area (TPSA) is 49.8 Å². The molecule has 0 bridgehead atoms. The van der Waals surface area contributed by atoms with Gasteiger partial charge in [0.1, 0.15) is 6.07 Å². The van der Waals surface area contributed by atoms with E-state index in [4.69, 9.17) is 22.6 Å². The molecule has 0 aromatic heterocycles. The van der Waals surface area contributed by atoms with Crippen molar-refractivity contribution >= 4 is 27.5 Å². The molecule has 1 aromatic carbocycles. The van der Waals surface area contributed by atoms with Crippen molar-refractivity contribution in [3.63, 3.8) is 0 Å². The third kappa shape index (κ3) is 1.78. The number of hydrogen-bond acceptors (Lipinski definition) is 2. The Hall–Kier alpha value is -0.560. The molecule has 2 N–H and O–H groups in total. The highest BCUT2D eigenvalue weighted by Gasteiger charge is 2.06. The van der Waals surface area contributed by atoms with Crippen molar-refractivity contribution in [2.24, 2.45) is 5.73 Å². The molecule has 0 aliphatic rings. The molecule has 1 rings (SSSR count). The van der Waals surface area contributed by atoms with Crippen LogP contribution in [0.1, 0.15) is 11.1 Å². The molecule has 2 nitrogen and oxygen atoms in total. The van der Waals surface area contributed by atoms with Gasteiger partial charge in [0.25, 0.3) is 0 Å². The number of halogens is 2. The van der Waals surface area contributed by atoms with Crippen LogP contribution in [0.3, 0.4) is 0 Å². The summed E-state index contributed by atoms with van der Waals surface area (Å²) in [5, 5.41) is 9.33. The highest BCUT2D eigenvalue weighted by molar-refractivity contribution is 9.10. The van der Waals surface area contributed by atoms with Gasteiger partial charge in [-0.05, 0) is 33.6 Å². The average Bonchev–Trinajstić information content (AvgIpc) is 2.03. The van der Waals surface area contributed by atoms with Gasteiger partial charge >= 0.3 is 0 Å². The van der Waals surface area contributed by atoms with E-state index in [1.54, 1.807) is 12.1 Å². The maximum absolute atomic E-state index is 8.74. The van der Waals surface area contributed by atoms with Crippen molar-refractivity contribution in [3.8, 4) is 6.07 Å². The van der Waals surface area contributed by atoms with Crippen LogP contribution in [-0.4, -0.2) is 0 Å². The van der Waals surface area contributed by atoms with Crippen molar-refractivity contribution in [2.75, 3.05) is 0 Å². The molecular formula is C8H6BrClN2. The third-order valence-corrected chi connectivity index (χ3v) is 2.31. The van der Waals surface area contributed by atoms with E-state index in [1.165, 1.54) is 0 Å². The molecule has 0 saturated heterocycles. The Morgan fingerprint density at radius 1 is 1.58 bits per heavy atom. The zero-order valence-electron chi connectivity index (χ0n) is 6.14. The Balaban J connectivity index is 3.36. The van der Waals surface area contributed by atoms with Crippen LogP contribution in [-0.2, 0) is 6.54 Å². The maximum Gasteiger partial charge on any atom is 0.101 e. The summed E-state index contributed by atoms with van der Waals surface area (Å²) in [7, 11) is 0. The fourth-order valence-corrected chi connectivity index (χ4v) is 1.88. The molecule has 62 valence electrons. The fourth-order valence-electron chi connectivity index (χ4n) is 0.913. The zero-order valence-corrected chi connectivity index (χ0v) is 8.48. The second-order valence-corrected chi connectivity index (χ2v) is 3.53. The first kappa shape index (κ1) is 9.53. The Labute approximate surface area is 84.1 Å². The molecule has 0 atom stereocenters. The highest BCUT2D eigenvalue weighted by Crippen LogP contribution is 2.24. The van der Waals surface area contributed by atoms with Crippen LogP contribution in [0.15, 0.2) is 16.6 Å². The third-order valence-electron chi connectivity index (χ3n) is 1.47. The van der Waals surface area contributed by atoms with Gasteiger partial charge < -0.3 is 5.73 Å². The highest BCUT2D eigenvalue weighted by atomic mass is 79.9. The van der Waals surface area contributed by atoms with Gasteiger partial charge in [0.05, 0.1) is 5.56 Å². The lowest BCUT2D eigenvalue weighted by atomic mass is 10.1. The number of nitrogens with two attached hydrogens (primary N) is 1. The molecule has 0 radical (unpaired) electrons. The van der Waals surface area contributed by atoms with Gasteiger partial charge in [-0.2, -0.15) is 5.26 Å². The summed E-state index contributed by atoms with van der Waals surface area (Å²) in [6.45, 7) is 0.321. The Kier molecular flexibility index (Phi) is 3.10. The Bertz CT molecular complexity index is 344. The summed E-state index contributed by atoms with van der Waals surface area (Å²) in [6.07, 6.45) is 0. The minimum atomic E-state index is 0.321. The molecule has 12 heavy (non-hydrogen) atoms. The Morgan fingerprint density at radius 3 is 2.75 bits per heavy atom. The second kappa shape index (κ2) is 3.90. The molecule has 4 heteroatoms. The molecule has 1 aromatic rings. The number of nitrogens with zero attached hydrogens (tertiary/aromatic N) is 1. The zero-order chi connectivity index (χ0) is 9.14. The van der Waals surface area contributed by atoms with E-state index < -0.39 is 0 Å². The number of benzene rings is 1. The maximum atomic E-state index is 8.74. The molecule has 0 saturated carbocycles. The van der Waals surface area contributed by atoms with Gasteiger partial charge in [-0.25, -0.2) is 0 Å². The van der Waals surface area contributed by atoms with E-state index >= 15 is 0 Å². The number of hydrogen-bond donors (Lipinski definition) is 1. The smallest absolute Gasteiger partial charge is 0.101 e. The first-order chi connectivity index (χ1) is 5.69. The van der Waals surface area contributed by atoms with Crippen molar-refractivity contribution in [1.29, 1.82) is 5.26 Å². The largest absolute Gasteiger partial charge is 0.326 e. The van der Waals surface area contributed by atoms with E-state index in [0.717, 1.165) is 5.56 Å². The van der Waals surface area contributed by atoms with Gasteiger partial charge in [-0.3, -0.25) is 0 Å². The molecule has 0 amide bonds. The van der Waals surface area contributed by atoms with Gasteiger partial charge in [-0.15, -0.1) is 0 Å². The van der Waals surface area contributed by atoms with E-state index in [1.807, 2.05) is 0 Å². The van der Waals surface area contributed by atoms with Crippen LogP contribution in [0.4, 0.5) is 0 Å².